The molecule has 0 unspecified atom stereocenters. The molecule has 1 saturated heterocycles. The van der Waals surface area contributed by atoms with Crippen molar-refractivity contribution in [3.8, 4) is 5.88 Å². The van der Waals surface area contributed by atoms with Gasteiger partial charge in [-0.25, -0.2) is 9.97 Å². The van der Waals surface area contributed by atoms with E-state index in [1.54, 1.807) is 42.7 Å². The third-order valence-electron chi connectivity index (χ3n) is 4.05. The fourth-order valence-corrected chi connectivity index (χ4v) is 2.76. The van der Waals surface area contributed by atoms with Crippen molar-refractivity contribution in [1.82, 2.24) is 19.9 Å². The van der Waals surface area contributed by atoms with Crippen LogP contribution in [0.3, 0.4) is 0 Å². The van der Waals surface area contributed by atoms with E-state index in [1.165, 1.54) is 0 Å². The lowest BCUT2D eigenvalue weighted by atomic mass is 10.2. The van der Waals surface area contributed by atoms with Crippen LogP contribution in [0.2, 0.25) is 0 Å². The lowest BCUT2D eigenvalue weighted by molar-refractivity contribution is 0.0739. The number of hydrogen-bond donors (Lipinski definition) is 0. The molecule has 1 fully saturated rings. The van der Waals surface area contributed by atoms with Crippen molar-refractivity contribution in [3.63, 3.8) is 0 Å². The molecule has 120 valence electrons. The number of pyridine rings is 1. The molecule has 2 aromatic heterocycles. The van der Waals surface area contributed by atoms with E-state index in [-0.39, 0.29) is 11.9 Å². The van der Waals surface area contributed by atoms with Gasteiger partial charge >= 0.3 is 0 Å². The van der Waals surface area contributed by atoms with Crippen molar-refractivity contribution >= 4 is 11.7 Å². The molecule has 1 amide bonds. The average Bonchev–Trinajstić information content (AvgIpc) is 3.11. The molecule has 23 heavy (non-hydrogen) atoms. The highest BCUT2D eigenvalue weighted by Gasteiger charge is 2.31. The van der Waals surface area contributed by atoms with E-state index in [2.05, 4.69) is 19.9 Å². The summed E-state index contributed by atoms with van der Waals surface area (Å²) in [5, 5.41) is 0. The van der Waals surface area contributed by atoms with Gasteiger partial charge in [0.15, 0.2) is 5.82 Å². The second-order valence-corrected chi connectivity index (χ2v) is 5.41. The van der Waals surface area contributed by atoms with Crippen LogP contribution in [-0.2, 0) is 0 Å². The Bertz CT molecular complexity index is 679. The minimum absolute atomic E-state index is 0.0661. The maximum atomic E-state index is 12.5. The van der Waals surface area contributed by atoms with Gasteiger partial charge in [0.1, 0.15) is 5.69 Å². The number of methoxy groups -OCH3 is 1. The van der Waals surface area contributed by atoms with Crippen LogP contribution in [0.25, 0.3) is 0 Å². The fraction of sp³-hybridized carbons (Fsp3) is 0.375. The molecule has 1 aliphatic rings. The summed E-state index contributed by atoms with van der Waals surface area (Å²) in [5.41, 5.74) is 0.463. The number of hydrogen-bond acceptors (Lipinski definition) is 6. The average molecular weight is 313 g/mol. The summed E-state index contributed by atoms with van der Waals surface area (Å²) >= 11 is 0. The van der Waals surface area contributed by atoms with Crippen LogP contribution in [0.5, 0.6) is 5.88 Å². The van der Waals surface area contributed by atoms with Crippen LogP contribution in [0.15, 0.2) is 36.8 Å². The minimum Gasteiger partial charge on any atom is -0.478 e. The molecule has 7 nitrogen and oxygen atoms in total. The summed E-state index contributed by atoms with van der Waals surface area (Å²) in [6, 6.07) is 5.46. The first-order chi connectivity index (χ1) is 11.2. The maximum absolute atomic E-state index is 12.5. The highest BCUT2D eigenvalue weighted by molar-refractivity contribution is 5.92. The molecule has 7 heteroatoms. The molecule has 2 aromatic rings. The van der Waals surface area contributed by atoms with Crippen molar-refractivity contribution in [2.75, 3.05) is 32.1 Å². The minimum atomic E-state index is -0.0661. The van der Waals surface area contributed by atoms with Crippen LogP contribution >= 0.6 is 0 Å². The molecule has 0 N–H and O–H groups in total. The van der Waals surface area contributed by atoms with E-state index in [9.17, 15) is 4.79 Å². The zero-order valence-corrected chi connectivity index (χ0v) is 13.2. The van der Waals surface area contributed by atoms with Gasteiger partial charge in [-0.05, 0) is 18.6 Å². The van der Waals surface area contributed by atoms with E-state index < -0.39 is 0 Å². The number of rotatable bonds is 4. The quantitative estimate of drug-likeness (QED) is 0.845. The van der Waals surface area contributed by atoms with Crippen molar-refractivity contribution < 1.29 is 9.53 Å². The number of carbonyl (C=O) groups is 1. The third-order valence-corrected chi connectivity index (χ3v) is 4.05. The molecule has 0 radical (unpaired) electrons. The van der Waals surface area contributed by atoms with Gasteiger partial charge in [0.25, 0.3) is 11.8 Å². The molecule has 0 saturated carbocycles. The second-order valence-electron chi connectivity index (χ2n) is 5.41. The van der Waals surface area contributed by atoms with Crippen molar-refractivity contribution in [2.24, 2.45) is 0 Å². The number of anilines is 1. The molecule has 3 heterocycles. The van der Waals surface area contributed by atoms with Gasteiger partial charge in [-0.2, -0.15) is 0 Å². The van der Waals surface area contributed by atoms with E-state index in [1.807, 2.05) is 13.1 Å². The Morgan fingerprint density at radius 2 is 2.09 bits per heavy atom. The van der Waals surface area contributed by atoms with Crippen LogP contribution in [0.1, 0.15) is 16.9 Å². The van der Waals surface area contributed by atoms with E-state index in [0.29, 0.717) is 18.1 Å². The first-order valence-corrected chi connectivity index (χ1v) is 7.49. The SMILES string of the molecule is COc1nccnc1N1CC[C@H](N(C)C(=O)c2ccccn2)C1. The highest BCUT2D eigenvalue weighted by Crippen LogP contribution is 2.27. The van der Waals surface area contributed by atoms with Gasteiger partial charge < -0.3 is 14.5 Å². The van der Waals surface area contributed by atoms with Crippen LogP contribution in [-0.4, -0.2) is 59.0 Å². The van der Waals surface area contributed by atoms with E-state index in [4.69, 9.17) is 4.74 Å². The zero-order chi connectivity index (χ0) is 16.2. The fourth-order valence-electron chi connectivity index (χ4n) is 2.76. The lowest BCUT2D eigenvalue weighted by Crippen LogP contribution is -2.39. The standard InChI is InChI=1S/C16H19N5O2/c1-20(16(22)13-5-3-4-7-17-13)12-6-10-21(11-12)14-15(23-2)19-9-8-18-14/h3-5,7-9,12H,6,10-11H2,1-2H3/t12-/m0/s1. The third kappa shape index (κ3) is 3.08. The highest BCUT2D eigenvalue weighted by atomic mass is 16.5. The number of ether oxygens (including phenoxy) is 1. The Labute approximate surface area is 134 Å². The first kappa shape index (κ1) is 15.2. The number of likely N-dealkylation sites (N-methyl/N-ethyl adjacent to an activating group) is 1. The summed E-state index contributed by atoms with van der Waals surface area (Å²) in [5.74, 6) is 1.16. The second kappa shape index (κ2) is 6.60. The Balaban J connectivity index is 1.71. The Kier molecular flexibility index (Phi) is 4.36. The number of nitrogens with zero attached hydrogens (tertiary/aromatic N) is 5. The Morgan fingerprint density at radius 3 is 2.83 bits per heavy atom. The molecule has 0 aromatic carbocycles. The van der Waals surface area contributed by atoms with Gasteiger partial charge in [-0.15, -0.1) is 0 Å². The first-order valence-electron chi connectivity index (χ1n) is 7.49. The number of aromatic nitrogens is 3. The van der Waals surface area contributed by atoms with Crippen LogP contribution in [0, 0.1) is 0 Å². The summed E-state index contributed by atoms with van der Waals surface area (Å²) in [4.78, 5) is 29.0. The predicted octanol–water partition coefficient (Wildman–Crippen LogP) is 1.23. The van der Waals surface area contributed by atoms with E-state index in [0.717, 1.165) is 18.8 Å². The molecular formula is C16H19N5O2. The summed E-state index contributed by atoms with van der Waals surface area (Å²) < 4.78 is 5.26. The molecule has 0 bridgehead atoms. The van der Waals surface area contributed by atoms with Gasteiger partial charge in [-0.1, -0.05) is 6.07 Å². The molecule has 0 aliphatic carbocycles. The smallest absolute Gasteiger partial charge is 0.272 e. The maximum Gasteiger partial charge on any atom is 0.272 e. The van der Waals surface area contributed by atoms with Crippen molar-refractivity contribution in [1.29, 1.82) is 0 Å². The van der Waals surface area contributed by atoms with Crippen molar-refractivity contribution in [3.05, 3.63) is 42.5 Å². The zero-order valence-electron chi connectivity index (χ0n) is 13.2. The molecule has 1 atom stereocenters. The van der Waals surface area contributed by atoms with E-state index >= 15 is 0 Å². The Hall–Kier alpha value is -2.70. The van der Waals surface area contributed by atoms with Gasteiger partial charge in [0.2, 0.25) is 0 Å². The summed E-state index contributed by atoms with van der Waals surface area (Å²) in [6.45, 7) is 1.50. The molecule has 3 rings (SSSR count). The number of carbonyl (C=O) groups excluding carboxylic acids is 1. The summed E-state index contributed by atoms with van der Waals surface area (Å²) in [6.07, 6.45) is 5.75. The van der Waals surface area contributed by atoms with Gasteiger partial charge in [0.05, 0.1) is 13.2 Å². The van der Waals surface area contributed by atoms with Gasteiger partial charge in [-0.3, -0.25) is 9.78 Å². The van der Waals surface area contributed by atoms with Gasteiger partial charge in [0, 0.05) is 38.7 Å². The van der Waals surface area contributed by atoms with Crippen LogP contribution < -0.4 is 9.64 Å². The Morgan fingerprint density at radius 1 is 1.26 bits per heavy atom. The largest absolute Gasteiger partial charge is 0.478 e. The van der Waals surface area contributed by atoms with Crippen LogP contribution in [0.4, 0.5) is 5.82 Å². The molecule has 1 aliphatic heterocycles. The van der Waals surface area contributed by atoms with Crippen molar-refractivity contribution in [2.45, 2.75) is 12.5 Å². The monoisotopic (exact) mass is 313 g/mol. The molecular weight excluding hydrogens is 294 g/mol. The number of amides is 1. The summed E-state index contributed by atoms with van der Waals surface area (Å²) in [7, 11) is 3.40. The molecule has 0 spiro atoms. The lowest BCUT2D eigenvalue weighted by Gasteiger charge is -2.25. The predicted molar refractivity (Wildman–Crippen MR) is 85.5 cm³/mol. The topological polar surface area (TPSA) is 71.5 Å². The normalized spacial score (nSPS) is 17.1.